The highest BCUT2D eigenvalue weighted by molar-refractivity contribution is 5.89. The van der Waals surface area contributed by atoms with Gasteiger partial charge in [-0.2, -0.15) is 0 Å². The van der Waals surface area contributed by atoms with Crippen molar-refractivity contribution < 1.29 is 4.79 Å². The fraction of sp³-hybridized carbons (Fsp3) is 0.550. The average molecular weight is 299 g/mol. The summed E-state index contributed by atoms with van der Waals surface area (Å²) in [6, 6.07) is 11.6. The first kappa shape index (κ1) is 17.0. The lowest BCUT2D eigenvalue weighted by Crippen LogP contribution is -2.43. The zero-order chi connectivity index (χ0) is 15.8. The molecule has 1 aliphatic rings. The molecule has 0 saturated carbocycles. The first-order chi connectivity index (χ1) is 10.7. The molecule has 0 spiro atoms. The number of hydrogen-bond acceptors (Lipinski definition) is 2. The predicted molar refractivity (Wildman–Crippen MR) is 92.8 cm³/mol. The smallest absolute Gasteiger partial charge is 0.155 e. The third-order valence-corrected chi connectivity index (χ3v) is 4.60. The molecule has 120 valence electrons. The minimum atomic E-state index is 0.278. The van der Waals surface area contributed by atoms with Crippen LogP contribution in [0.1, 0.15) is 57.9 Å². The molecule has 2 heteroatoms. The molecule has 1 saturated heterocycles. The second kappa shape index (κ2) is 8.89. The number of piperidine rings is 1. The minimum Gasteiger partial charge on any atom is -0.295 e. The number of hydrogen-bond donors (Lipinski definition) is 0. The largest absolute Gasteiger partial charge is 0.295 e. The number of rotatable bonds is 7. The van der Waals surface area contributed by atoms with Crippen LogP contribution in [0.15, 0.2) is 42.5 Å². The Labute approximate surface area is 135 Å². The lowest BCUT2D eigenvalue weighted by molar-refractivity contribution is -0.114. The van der Waals surface area contributed by atoms with Crippen LogP contribution in [0.5, 0.6) is 0 Å². The van der Waals surface area contributed by atoms with Gasteiger partial charge in [0.25, 0.3) is 0 Å². The van der Waals surface area contributed by atoms with Crippen molar-refractivity contribution in [3.05, 3.63) is 48.0 Å². The Balaban J connectivity index is 2.00. The van der Waals surface area contributed by atoms with E-state index >= 15 is 0 Å². The van der Waals surface area contributed by atoms with Gasteiger partial charge in [0.2, 0.25) is 0 Å². The molecule has 1 fully saturated rings. The number of carbonyl (C=O) groups is 1. The molecule has 0 radical (unpaired) electrons. The molecule has 1 aromatic rings. The summed E-state index contributed by atoms with van der Waals surface area (Å²) in [7, 11) is 0. The van der Waals surface area contributed by atoms with Crippen molar-refractivity contribution in [3.63, 3.8) is 0 Å². The van der Waals surface area contributed by atoms with Gasteiger partial charge in [-0.1, -0.05) is 56.2 Å². The van der Waals surface area contributed by atoms with Crippen molar-refractivity contribution >= 4 is 5.78 Å². The molecule has 2 rings (SSSR count). The van der Waals surface area contributed by atoms with E-state index in [0.29, 0.717) is 18.5 Å². The van der Waals surface area contributed by atoms with Crippen molar-refractivity contribution in [2.24, 2.45) is 0 Å². The van der Waals surface area contributed by atoms with E-state index in [1.165, 1.54) is 18.4 Å². The summed E-state index contributed by atoms with van der Waals surface area (Å²) >= 11 is 0. The Morgan fingerprint density at radius 3 is 2.77 bits per heavy atom. The number of allylic oxidation sites excluding steroid dienone is 1. The molecule has 1 aromatic carbocycles. The Morgan fingerprint density at radius 2 is 2.05 bits per heavy atom. The molecule has 2 nitrogen and oxygen atoms in total. The Kier molecular flexibility index (Phi) is 6.85. The maximum absolute atomic E-state index is 11.9. The van der Waals surface area contributed by atoms with Gasteiger partial charge in [-0.05, 0) is 37.8 Å². The molecule has 1 heterocycles. The monoisotopic (exact) mass is 299 g/mol. The number of benzene rings is 1. The number of likely N-dealkylation sites (tertiary alicyclic amines) is 1. The molecule has 22 heavy (non-hydrogen) atoms. The van der Waals surface area contributed by atoms with E-state index in [1.54, 1.807) is 0 Å². The minimum absolute atomic E-state index is 0.278. The fourth-order valence-corrected chi connectivity index (χ4v) is 3.21. The summed E-state index contributed by atoms with van der Waals surface area (Å²) < 4.78 is 0. The Hall–Kier alpha value is -1.41. The highest BCUT2D eigenvalue weighted by atomic mass is 16.1. The van der Waals surface area contributed by atoms with E-state index in [-0.39, 0.29) is 5.78 Å². The number of unbranched alkanes of at least 4 members (excludes halogenated alkanes) is 1. The van der Waals surface area contributed by atoms with Crippen LogP contribution >= 0.6 is 0 Å². The number of nitrogens with zero attached hydrogens (tertiary/aromatic N) is 1. The SMILES string of the molecule is CCCCC(=O)/C=C/[C@@H]1CCC[C@H](C)N1Cc1ccccc1. The molecular formula is C20H29NO. The van der Waals surface area contributed by atoms with Crippen molar-refractivity contribution in [2.75, 3.05) is 0 Å². The van der Waals surface area contributed by atoms with Crippen LogP contribution in [0.25, 0.3) is 0 Å². The van der Waals surface area contributed by atoms with Gasteiger partial charge in [-0.3, -0.25) is 9.69 Å². The van der Waals surface area contributed by atoms with E-state index < -0.39 is 0 Å². The zero-order valence-corrected chi connectivity index (χ0v) is 14.0. The van der Waals surface area contributed by atoms with Crippen LogP contribution in [0.4, 0.5) is 0 Å². The number of carbonyl (C=O) groups excluding carboxylic acids is 1. The van der Waals surface area contributed by atoms with Crippen LogP contribution in [-0.4, -0.2) is 22.8 Å². The quantitative estimate of drug-likeness (QED) is 0.677. The van der Waals surface area contributed by atoms with Gasteiger partial charge in [0.05, 0.1) is 0 Å². The lowest BCUT2D eigenvalue weighted by Gasteiger charge is -2.39. The summed E-state index contributed by atoms with van der Waals surface area (Å²) in [6.07, 6.45) is 10.4. The molecule has 0 amide bonds. The molecule has 0 N–H and O–H groups in total. The van der Waals surface area contributed by atoms with E-state index in [2.05, 4.69) is 55.2 Å². The van der Waals surface area contributed by atoms with Crippen LogP contribution in [0.3, 0.4) is 0 Å². The second-order valence-corrected chi connectivity index (χ2v) is 6.43. The first-order valence-electron chi connectivity index (χ1n) is 8.71. The van der Waals surface area contributed by atoms with Crippen molar-refractivity contribution in [1.29, 1.82) is 0 Å². The predicted octanol–water partition coefficient (Wildman–Crippen LogP) is 4.75. The molecule has 0 bridgehead atoms. The Morgan fingerprint density at radius 1 is 1.27 bits per heavy atom. The maximum Gasteiger partial charge on any atom is 0.155 e. The molecule has 0 aromatic heterocycles. The van der Waals surface area contributed by atoms with Gasteiger partial charge in [-0.25, -0.2) is 0 Å². The van der Waals surface area contributed by atoms with Crippen molar-refractivity contribution in [1.82, 2.24) is 4.90 Å². The average Bonchev–Trinajstić information content (AvgIpc) is 2.54. The van der Waals surface area contributed by atoms with Crippen molar-refractivity contribution in [2.45, 2.75) is 71.0 Å². The molecule has 1 aliphatic heterocycles. The molecule has 0 unspecified atom stereocenters. The molecule has 2 atom stereocenters. The number of ketones is 1. The summed E-state index contributed by atoms with van der Waals surface area (Å²) in [5, 5.41) is 0. The third kappa shape index (κ3) is 5.10. The van der Waals surface area contributed by atoms with E-state index in [1.807, 2.05) is 6.08 Å². The van der Waals surface area contributed by atoms with Gasteiger partial charge in [0.15, 0.2) is 5.78 Å². The van der Waals surface area contributed by atoms with Crippen LogP contribution in [-0.2, 0) is 11.3 Å². The van der Waals surface area contributed by atoms with E-state index in [4.69, 9.17) is 0 Å². The Bertz CT molecular complexity index is 480. The molecule has 0 aliphatic carbocycles. The normalized spacial score (nSPS) is 23.0. The van der Waals surface area contributed by atoms with Crippen LogP contribution < -0.4 is 0 Å². The molecular weight excluding hydrogens is 270 g/mol. The van der Waals surface area contributed by atoms with E-state index in [0.717, 1.165) is 25.8 Å². The van der Waals surface area contributed by atoms with Gasteiger partial charge in [0, 0.05) is 25.0 Å². The highest BCUT2D eigenvalue weighted by Crippen LogP contribution is 2.25. The van der Waals surface area contributed by atoms with Gasteiger partial charge >= 0.3 is 0 Å². The maximum atomic E-state index is 11.9. The topological polar surface area (TPSA) is 20.3 Å². The van der Waals surface area contributed by atoms with Gasteiger partial charge in [0.1, 0.15) is 0 Å². The third-order valence-electron chi connectivity index (χ3n) is 4.60. The summed E-state index contributed by atoms with van der Waals surface area (Å²) in [4.78, 5) is 14.4. The van der Waals surface area contributed by atoms with E-state index in [9.17, 15) is 4.79 Å². The first-order valence-corrected chi connectivity index (χ1v) is 8.71. The van der Waals surface area contributed by atoms with Gasteiger partial charge < -0.3 is 0 Å². The zero-order valence-electron chi connectivity index (χ0n) is 14.0. The fourth-order valence-electron chi connectivity index (χ4n) is 3.21. The van der Waals surface area contributed by atoms with Gasteiger partial charge in [-0.15, -0.1) is 0 Å². The summed E-state index contributed by atoms with van der Waals surface area (Å²) in [6.45, 7) is 5.41. The second-order valence-electron chi connectivity index (χ2n) is 6.43. The van der Waals surface area contributed by atoms with Crippen LogP contribution in [0, 0.1) is 0 Å². The summed E-state index contributed by atoms with van der Waals surface area (Å²) in [5.74, 6) is 0.278. The highest BCUT2D eigenvalue weighted by Gasteiger charge is 2.26. The lowest BCUT2D eigenvalue weighted by atomic mass is 9.95. The van der Waals surface area contributed by atoms with Crippen molar-refractivity contribution in [3.8, 4) is 0 Å². The van der Waals surface area contributed by atoms with Crippen LogP contribution in [0.2, 0.25) is 0 Å². The standard InChI is InChI=1S/C20H29NO/c1-3-4-13-20(22)15-14-19-12-8-9-17(2)21(19)16-18-10-6-5-7-11-18/h5-7,10-11,14-15,17,19H,3-4,8-9,12-13,16H2,1-2H3/b15-14+/t17-,19-/m0/s1. The summed E-state index contributed by atoms with van der Waals surface area (Å²) in [5.41, 5.74) is 1.35.